The lowest BCUT2D eigenvalue weighted by atomic mass is 10.1. The van der Waals surface area contributed by atoms with E-state index in [0.29, 0.717) is 44.2 Å². The first-order chi connectivity index (χ1) is 14.5. The highest BCUT2D eigenvalue weighted by Crippen LogP contribution is 2.30. The summed E-state index contributed by atoms with van der Waals surface area (Å²) in [6, 6.07) is 16.3. The second-order valence-corrected chi connectivity index (χ2v) is 7.54. The molecule has 0 aliphatic heterocycles. The standard InChI is InChI=1S/C23H19BrN2O4/c1-13-4-5-15(23-26-19-12-16(28-2)7-9-21(19)30-23)11-18(13)25-22(27)14-6-8-20(29-3)17(24)10-14/h4-12H,1-3H3,(H,25,27). The Kier molecular flexibility index (Phi) is 5.46. The number of rotatable bonds is 5. The topological polar surface area (TPSA) is 73.6 Å². The number of carbonyl (C=O) groups is 1. The Morgan fingerprint density at radius 3 is 2.60 bits per heavy atom. The molecule has 152 valence electrons. The van der Waals surface area contributed by atoms with Crippen LogP contribution in [-0.4, -0.2) is 25.1 Å². The van der Waals surface area contributed by atoms with Crippen LogP contribution in [0.15, 0.2) is 63.5 Å². The molecule has 0 saturated carbocycles. The SMILES string of the molecule is COc1ccc2oc(-c3ccc(C)c(NC(=O)c4ccc(OC)c(Br)c4)c3)nc2c1. The lowest BCUT2D eigenvalue weighted by molar-refractivity contribution is 0.102. The number of hydrogen-bond donors (Lipinski definition) is 1. The predicted octanol–water partition coefficient (Wildman–Crippen LogP) is 5.84. The number of anilines is 1. The van der Waals surface area contributed by atoms with E-state index in [1.54, 1.807) is 32.4 Å². The fraction of sp³-hybridized carbons (Fsp3) is 0.130. The molecule has 0 saturated heterocycles. The van der Waals surface area contributed by atoms with E-state index in [1.807, 2.05) is 43.3 Å². The Morgan fingerprint density at radius 1 is 1.03 bits per heavy atom. The summed E-state index contributed by atoms with van der Waals surface area (Å²) >= 11 is 3.41. The first-order valence-electron chi connectivity index (χ1n) is 9.19. The first-order valence-corrected chi connectivity index (χ1v) is 9.98. The van der Waals surface area contributed by atoms with Gasteiger partial charge in [-0.2, -0.15) is 0 Å². The van der Waals surface area contributed by atoms with Gasteiger partial charge in [0.2, 0.25) is 5.89 Å². The monoisotopic (exact) mass is 466 g/mol. The van der Waals surface area contributed by atoms with Crippen LogP contribution in [0.3, 0.4) is 0 Å². The maximum atomic E-state index is 12.8. The van der Waals surface area contributed by atoms with Crippen LogP contribution in [0.1, 0.15) is 15.9 Å². The minimum Gasteiger partial charge on any atom is -0.497 e. The summed E-state index contributed by atoms with van der Waals surface area (Å²) in [6.07, 6.45) is 0. The van der Waals surface area contributed by atoms with E-state index in [1.165, 1.54) is 0 Å². The van der Waals surface area contributed by atoms with Crippen molar-refractivity contribution >= 4 is 38.6 Å². The lowest BCUT2D eigenvalue weighted by Gasteiger charge is -2.11. The molecule has 4 aromatic rings. The Bertz CT molecular complexity index is 1250. The number of amides is 1. The van der Waals surface area contributed by atoms with E-state index in [4.69, 9.17) is 13.9 Å². The van der Waals surface area contributed by atoms with Crippen LogP contribution in [-0.2, 0) is 0 Å². The third-order valence-electron chi connectivity index (χ3n) is 4.74. The van der Waals surface area contributed by atoms with Gasteiger partial charge in [-0.15, -0.1) is 0 Å². The molecule has 1 N–H and O–H groups in total. The van der Waals surface area contributed by atoms with Gasteiger partial charge in [0.05, 0.1) is 18.7 Å². The van der Waals surface area contributed by atoms with Gasteiger partial charge in [-0.25, -0.2) is 4.98 Å². The van der Waals surface area contributed by atoms with Crippen molar-refractivity contribution in [3.8, 4) is 23.0 Å². The molecule has 0 aliphatic carbocycles. The minimum atomic E-state index is -0.221. The highest BCUT2D eigenvalue weighted by Gasteiger charge is 2.14. The highest BCUT2D eigenvalue weighted by atomic mass is 79.9. The van der Waals surface area contributed by atoms with E-state index < -0.39 is 0 Å². The number of hydrogen-bond acceptors (Lipinski definition) is 5. The van der Waals surface area contributed by atoms with Gasteiger partial charge in [0, 0.05) is 22.9 Å². The van der Waals surface area contributed by atoms with Gasteiger partial charge in [0.15, 0.2) is 5.58 Å². The molecule has 6 nitrogen and oxygen atoms in total. The van der Waals surface area contributed by atoms with Crippen LogP contribution in [0, 0.1) is 6.92 Å². The molecule has 0 radical (unpaired) electrons. The van der Waals surface area contributed by atoms with Crippen LogP contribution in [0.4, 0.5) is 5.69 Å². The molecule has 0 spiro atoms. The Balaban J connectivity index is 1.63. The van der Waals surface area contributed by atoms with Crippen molar-refractivity contribution in [2.24, 2.45) is 0 Å². The summed E-state index contributed by atoms with van der Waals surface area (Å²) in [5.74, 6) is 1.63. The number of halogens is 1. The van der Waals surface area contributed by atoms with Crippen molar-refractivity contribution < 1.29 is 18.7 Å². The number of fused-ring (bicyclic) bond motifs is 1. The number of nitrogens with zero attached hydrogens (tertiary/aromatic N) is 1. The van der Waals surface area contributed by atoms with Gasteiger partial charge < -0.3 is 19.2 Å². The van der Waals surface area contributed by atoms with Crippen molar-refractivity contribution in [1.29, 1.82) is 0 Å². The summed E-state index contributed by atoms with van der Waals surface area (Å²) < 4.78 is 17.1. The lowest BCUT2D eigenvalue weighted by Crippen LogP contribution is -2.13. The number of nitrogens with one attached hydrogen (secondary N) is 1. The van der Waals surface area contributed by atoms with E-state index in [9.17, 15) is 4.79 Å². The van der Waals surface area contributed by atoms with E-state index in [-0.39, 0.29) is 5.91 Å². The zero-order valence-corrected chi connectivity index (χ0v) is 18.2. The average molecular weight is 467 g/mol. The summed E-state index contributed by atoms with van der Waals surface area (Å²) in [4.78, 5) is 17.3. The molecule has 1 aromatic heterocycles. The molecule has 30 heavy (non-hydrogen) atoms. The van der Waals surface area contributed by atoms with E-state index >= 15 is 0 Å². The highest BCUT2D eigenvalue weighted by molar-refractivity contribution is 9.10. The number of benzene rings is 3. The van der Waals surface area contributed by atoms with E-state index in [0.717, 1.165) is 11.1 Å². The molecule has 3 aromatic carbocycles. The maximum absolute atomic E-state index is 12.8. The molecule has 1 amide bonds. The van der Waals surface area contributed by atoms with Crippen LogP contribution in [0.2, 0.25) is 0 Å². The third kappa shape index (κ3) is 3.89. The van der Waals surface area contributed by atoms with Crippen LogP contribution in [0.25, 0.3) is 22.6 Å². The van der Waals surface area contributed by atoms with Gasteiger partial charge in [-0.3, -0.25) is 4.79 Å². The Labute approximate surface area is 182 Å². The predicted molar refractivity (Wildman–Crippen MR) is 119 cm³/mol. The number of ether oxygens (including phenoxy) is 2. The normalized spacial score (nSPS) is 10.8. The van der Waals surface area contributed by atoms with Crippen molar-refractivity contribution in [2.45, 2.75) is 6.92 Å². The average Bonchev–Trinajstić information content (AvgIpc) is 3.18. The summed E-state index contributed by atoms with van der Waals surface area (Å²) in [6.45, 7) is 1.93. The maximum Gasteiger partial charge on any atom is 0.255 e. The molecule has 0 fully saturated rings. The van der Waals surface area contributed by atoms with E-state index in [2.05, 4.69) is 26.2 Å². The number of carbonyl (C=O) groups excluding carboxylic acids is 1. The van der Waals surface area contributed by atoms with Crippen LogP contribution in [0.5, 0.6) is 11.5 Å². The molecule has 0 unspecified atom stereocenters. The number of aryl methyl sites for hydroxylation is 1. The number of aromatic nitrogens is 1. The number of methoxy groups -OCH3 is 2. The molecular weight excluding hydrogens is 448 g/mol. The Hall–Kier alpha value is -3.32. The fourth-order valence-electron chi connectivity index (χ4n) is 3.05. The first kappa shape index (κ1) is 20.0. The second kappa shape index (κ2) is 8.20. The van der Waals surface area contributed by atoms with Crippen LogP contribution >= 0.6 is 15.9 Å². The van der Waals surface area contributed by atoms with Gasteiger partial charge in [0.25, 0.3) is 5.91 Å². The molecule has 0 aliphatic rings. The van der Waals surface area contributed by atoms with Crippen LogP contribution < -0.4 is 14.8 Å². The molecule has 0 atom stereocenters. The minimum absolute atomic E-state index is 0.221. The molecular formula is C23H19BrN2O4. The zero-order chi connectivity index (χ0) is 21.3. The van der Waals surface area contributed by atoms with Crippen molar-refractivity contribution in [3.05, 3.63) is 70.2 Å². The van der Waals surface area contributed by atoms with Crippen molar-refractivity contribution in [2.75, 3.05) is 19.5 Å². The molecule has 7 heteroatoms. The Morgan fingerprint density at radius 2 is 1.87 bits per heavy atom. The molecule has 0 bridgehead atoms. The van der Waals surface area contributed by atoms with Gasteiger partial charge >= 0.3 is 0 Å². The largest absolute Gasteiger partial charge is 0.497 e. The summed E-state index contributed by atoms with van der Waals surface area (Å²) in [5, 5.41) is 2.96. The fourth-order valence-corrected chi connectivity index (χ4v) is 3.59. The van der Waals surface area contributed by atoms with Crippen molar-refractivity contribution in [3.63, 3.8) is 0 Å². The molecule has 1 heterocycles. The summed E-state index contributed by atoms with van der Waals surface area (Å²) in [5.41, 5.74) is 4.27. The number of oxazole rings is 1. The smallest absolute Gasteiger partial charge is 0.255 e. The second-order valence-electron chi connectivity index (χ2n) is 6.69. The zero-order valence-electron chi connectivity index (χ0n) is 16.7. The van der Waals surface area contributed by atoms with Gasteiger partial charge in [-0.1, -0.05) is 6.07 Å². The van der Waals surface area contributed by atoms with Gasteiger partial charge in [-0.05, 0) is 70.9 Å². The van der Waals surface area contributed by atoms with Crippen molar-refractivity contribution in [1.82, 2.24) is 4.98 Å². The molecule has 4 rings (SSSR count). The van der Waals surface area contributed by atoms with Gasteiger partial charge in [0.1, 0.15) is 17.0 Å². The quantitative estimate of drug-likeness (QED) is 0.400. The summed E-state index contributed by atoms with van der Waals surface area (Å²) in [7, 11) is 3.19. The third-order valence-corrected chi connectivity index (χ3v) is 5.36.